The molecule has 1 N–H and O–H groups in total. The van der Waals surface area contributed by atoms with Crippen LogP contribution >= 0.6 is 0 Å². The van der Waals surface area contributed by atoms with Crippen LogP contribution in [0.25, 0.3) is 0 Å². The highest BCUT2D eigenvalue weighted by molar-refractivity contribution is 7.92. The van der Waals surface area contributed by atoms with Crippen molar-refractivity contribution in [2.75, 3.05) is 24.9 Å². The minimum absolute atomic E-state index is 0.0133. The Morgan fingerprint density at radius 2 is 1.71 bits per heavy atom. The molecule has 6 nitrogen and oxygen atoms in total. The first-order valence-corrected chi connectivity index (χ1v) is 10.8. The molecule has 28 heavy (non-hydrogen) atoms. The number of hydrogen-bond acceptors (Lipinski definition) is 4. The number of ether oxygens (including phenoxy) is 1. The summed E-state index contributed by atoms with van der Waals surface area (Å²) < 4.78 is 32.8. The molecule has 0 spiro atoms. The van der Waals surface area contributed by atoms with Gasteiger partial charge in [-0.15, -0.1) is 0 Å². The zero-order valence-corrected chi connectivity index (χ0v) is 17.2. The number of methoxy groups -OCH3 is 1. The predicted octanol–water partition coefficient (Wildman–Crippen LogP) is 3.61. The van der Waals surface area contributed by atoms with Gasteiger partial charge in [-0.3, -0.25) is 9.52 Å². The van der Waals surface area contributed by atoms with Crippen LogP contribution in [0, 0.1) is 11.8 Å². The normalized spacial score (nSPS) is 19.9. The number of carbonyl (C=O) groups is 1. The van der Waals surface area contributed by atoms with Gasteiger partial charge in [-0.2, -0.15) is 0 Å². The molecule has 1 saturated heterocycles. The van der Waals surface area contributed by atoms with Gasteiger partial charge in [0.2, 0.25) is 0 Å². The number of amides is 1. The molecule has 7 heteroatoms. The van der Waals surface area contributed by atoms with Crippen molar-refractivity contribution in [1.82, 2.24) is 4.90 Å². The standard InChI is InChI=1S/C21H26N2O4S/c1-15-11-16(2)14-23(13-15)21(24)17-7-9-18(10-8-17)22-28(25,26)20-6-4-5-19(12-20)27-3/h4-10,12,15-16,22H,11,13-14H2,1-3H3/t15-,16-/m0/s1. The fourth-order valence-corrected chi connectivity index (χ4v) is 4.77. The SMILES string of the molecule is COc1cccc(S(=O)(=O)Nc2ccc(C(=O)N3C[C@@H](C)C[C@H](C)C3)cc2)c1. The molecule has 0 saturated carbocycles. The number of likely N-dealkylation sites (tertiary alicyclic amines) is 1. The molecule has 2 atom stereocenters. The molecule has 0 unspecified atom stereocenters. The fourth-order valence-electron chi connectivity index (χ4n) is 3.67. The number of anilines is 1. The summed E-state index contributed by atoms with van der Waals surface area (Å²) in [5.74, 6) is 1.43. The Bertz CT molecular complexity index is 931. The summed E-state index contributed by atoms with van der Waals surface area (Å²) in [6.45, 7) is 5.83. The smallest absolute Gasteiger partial charge is 0.262 e. The lowest BCUT2D eigenvalue weighted by Gasteiger charge is -2.35. The third-order valence-electron chi connectivity index (χ3n) is 4.89. The molecule has 0 bridgehead atoms. The van der Waals surface area contributed by atoms with E-state index in [9.17, 15) is 13.2 Å². The maximum Gasteiger partial charge on any atom is 0.262 e. The number of hydrogen-bond donors (Lipinski definition) is 1. The summed E-state index contributed by atoms with van der Waals surface area (Å²) in [5.41, 5.74) is 0.963. The second kappa shape index (κ2) is 8.22. The van der Waals surface area contributed by atoms with Crippen molar-refractivity contribution in [3.8, 4) is 5.75 Å². The van der Waals surface area contributed by atoms with Gasteiger partial charge in [0.1, 0.15) is 5.75 Å². The monoisotopic (exact) mass is 402 g/mol. The van der Waals surface area contributed by atoms with Crippen LogP contribution in [0.4, 0.5) is 5.69 Å². The number of nitrogens with zero attached hydrogens (tertiary/aromatic N) is 1. The van der Waals surface area contributed by atoms with Crippen molar-refractivity contribution in [2.45, 2.75) is 25.2 Å². The summed E-state index contributed by atoms with van der Waals surface area (Å²) in [5, 5.41) is 0. The van der Waals surface area contributed by atoms with Crippen molar-refractivity contribution in [1.29, 1.82) is 0 Å². The number of nitrogens with one attached hydrogen (secondary N) is 1. The van der Waals surface area contributed by atoms with Gasteiger partial charge in [-0.1, -0.05) is 19.9 Å². The van der Waals surface area contributed by atoms with Crippen LogP contribution in [0.15, 0.2) is 53.4 Å². The number of carbonyl (C=O) groups excluding carboxylic acids is 1. The zero-order chi connectivity index (χ0) is 20.3. The van der Waals surface area contributed by atoms with Crippen LogP contribution < -0.4 is 9.46 Å². The molecule has 2 aromatic carbocycles. The molecule has 1 fully saturated rings. The second-order valence-corrected chi connectivity index (χ2v) is 9.20. The topological polar surface area (TPSA) is 75.7 Å². The molecule has 2 aromatic rings. The average Bonchev–Trinajstić information content (AvgIpc) is 2.67. The van der Waals surface area contributed by atoms with E-state index in [1.54, 1.807) is 36.4 Å². The highest BCUT2D eigenvalue weighted by Crippen LogP contribution is 2.24. The van der Waals surface area contributed by atoms with Gasteiger partial charge in [-0.25, -0.2) is 8.42 Å². The van der Waals surface area contributed by atoms with E-state index in [1.807, 2.05) is 4.90 Å². The molecular weight excluding hydrogens is 376 g/mol. The Labute approximate surface area is 166 Å². The van der Waals surface area contributed by atoms with E-state index in [0.717, 1.165) is 19.5 Å². The largest absolute Gasteiger partial charge is 0.497 e. The van der Waals surface area contributed by atoms with E-state index >= 15 is 0 Å². The Morgan fingerprint density at radius 3 is 2.32 bits per heavy atom. The summed E-state index contributed by atoms with van der Waals surface area (Å²) in [6.07, 6.45) is 1.13. The number of benzene rings is 2. The summed E-state index contributed by atoms with van der Waals surface area (Å²) in [4.78, 5) is 14.8. The first-order chi connectivity index (χ1) is 13.3. The van der Waals surface area contributed by atoms with Gasteiger partial charge in [0, 0.05) is 30.4 Å². The van der Waals surface area contributed by atoms with Crippen molar-refractivity contribution >= 4 is 21.6 Å². The van der Waals surface area contributed by atoms with Gasteiger partial charge < -0.3 is 9.64 Å². The molecule has 1 aliphatic rings. The van der Waals surface area contributed by atoms with Crippen molar-refractivity contribution in [3.05, 3.63) is 54.1 Å². The van der Waals surface area contributed by atoms with Crippen LogP contribution in [0.1, 0.15) is 30.6 Å². The summed E-state index contributed by atoms with van der Waals surface area (Å²) >= 11 is 0. The Balaban J connectivity index is 1.72. The van der Waals surface area contributed by atoms with E-state index in [0.29, 0.717) is 28.8 Å². The van der Waals surface area contributed by atoms with Gasteiger partial charge in [0.15, 0.2) is 0 Å². The lowest BCUT2D eigenvalue weighted by atomic mass is 9.91. The molecule has 0 aliphatic carbocycles. The Kier molecular flexibility index (Phi) is 5.93. The third kappa shape index (κ3) is 4.65. The molecular formula is C21H26N2O4S. The summed E-state index contributed by atoms with van der Waals surface area (Å²) in [6, 6.07) is 12.8. The second-order valence-electron chi connectivity index (χ2n) is 7.52. The first kappa shape index (κ1) is 20.2. The number of piperidine rings is 1. The van der Waals surface area contributed by atoms with Gasteiger partial charge >= 0.3 is 0 Å². The van der Waals surface area contributed by atoms with Crippen LogP contribution in [-0.2, 0) is 10.0 Å². The van der Waals surface area contributed by atoms with E-state index in [-0.39, 0.29) is 10.8 Å². The Morgan fingerprint density at radius 1 is 1.07 bits per heavy atom. The number of sulfonamides is 1. The molecule has 3 rings (SSSR count). The lowest BCUT2D eigenvalue weighted by molar-refractivity contribution is 0.0623. The van der Waals surface area contributed by atoms with E-state index in [1.165, 1.54) is 19.2 Å². The van der Waals surface area contributed by atoms with E-state index in [2.05, 4.69) is 18.6 Å². The Hall–Kier alpha value is -2.54. The van der Waals surface area contributed by atoms with Crippen molar-refractivity contribution < 1.29 is 17.9 Å². The zero-order valence-electron chi connectivity index (χ0n) is 16.4. The van der Waals surface area contributed by atoms with Crippen LogP contribution in [-0.4, -0.2) is 39.4 Å². The van der Waals surface area contributed by atoms with Gasteiger partial charge in [0.25, 0.3) is 15.9 Å². The maximum atomic E-state index is 12.8. The van der Waals surface area contributed by atoms with E-state index < -0.39 is 10.0 Å². The highest BCUT2D eigenvalue weighted by Gasteiger charge is 2.26. The fraction of sp³-hybridized carbons (Fsp3) is 0.381. The first-order valence-electron chi connectivity index (χ1n) is 9.34. The lowest BCUT2D eigenvalue weighted by Crippen LogP contribution is -2.42. The minimum Gasteiger partial charge on any atom is -0.497 e. The van der Waals surface area contributed by atoms with Crippen molar-refractivity contribution in [3.63, 3.8) is 0 Å². The van der Waals surface area contributed by atoms with Gasteiger partial charge in [-0.05, 0) is 54.7 Å². The van der Waals surface area contributed by atoms with Gasteiger partial charge in [0.05, 0.1) is 12.0 Å². The van der Waals surface area contributed by atoms with Crippen LogP contribution in [0.5, 0.6) is 5.75 Å². The van der Waals surface area contributed by atoms with Crippen LogP contribution in [0.2, 0.25) is 0 Å². The molecule has 0 aromatic heterocycles. The molecule has 0 radical (unpaired) electrons. The molecule has 1 aliphatic heterocycles. The van der Waals surface area contributed by atoms with Crippen LogP contribution in [0.3, 0.4) is 0 Å². The third-order valence-corrected chi connectivity index (χ3v) is 6.27. The molecule has 150 valence electrons. The molecule has 1 heterocycles. The molecule has 1 amide bonds. The predicted molar refractivity (Wildman–Crippen MR) is 109 cm³/mol. The summed E-state index contributed by atoms with van der Waals surface area (Å²) in [7, 11) is -2.25. The highest BCUT2D eigenvalue weighted by atomic mass is 32.2. The minimum atomic E-state index is -3.74. The number of rotatable bonds is 5. The van der Waals surface area contributed by atoms with E-state index in [4.69, 9.17) is 4.74 Å². The van der Waals surface area contributed by atoms with Crippen molar-refractivity contribution in [2.24, 2.45) is 11.8 Å². The maximum absolute atomic E-state index is 12.8. The average molecular weight is 403 g/mol. The quantitative estimate of drug-likeness (QED) is 0.829.